The van der Waals surface area contributed by atoms with E-state index in [1.165, 1.54) is 6.08 Å². The Morgan fingerprint density at radius 3 is 2.95 bits per heavy atom. The lowest BCUT2D eigenvalue weighted by Crippen LogP contribution is -2.34. The van der Waals surface area contributed by atoms with Gasteiger partial charge in [0.1, 0.15) is 5.56 Å². The second kappa shape index (κ2) is 7.22. The Balaban J connectivity index is 2.41. The van der Waals surface area contributed by atoms with Gasteiger partial charge < -0.3 is 9.84 Å². The van der Waals surface area contributed by atoms with E-state index in [0.717, 1.165) is 24.0 Å². The fourth-order valence-electron chi connectivity index (χ4n) is 2.49. The van der Waals surface area contributed by atoms with E-state index in [9.17, 15) is 14.7 Å². The third kappa shape index (κ3) is 3.36. The molecule has 0 radical (unpaired) electrons. The molecule has 1 aromatic rings. The van der Waals surface area contributed by atoms with Gasteiger partial charge in [-0.3, -0.25) is 19.3 Å². The summed E-state index contributed by atoms with van der Waals surface area (Å²) in [7, 11) is 0. The SMILES string of the molecule is C=CCn1c(O)c(C(CC)=NCC2CCCO2)c(=O)[nH]c1=O. The molecule has 0 aromatic carbocycles. The zero-order valence-electron chi connectivity index (χ0n) is 12.7. The molecule has 22 heavy (non-hydrogen) atoms. The molecule has 7 nitrogen and oxygen atoms in total. The van der Waals surface area contributed by atoms with Crippen LogP contribution in [0.2, 0.25) is 0 Å². The molecule has 120 valence electrons. The van der Waals surface area contributed by atoms with Crippen molar-refractivity contribution in [1.29, 1.82) is 0 Å². The molecule has 0 saturated carbocycles. The quantitative estimate of drug-likeness (QED) is 0.600. The van der Waals surface area contributed by atoms with Gasteiger partial charge in [0.25, 0.3) is 5.56 Å². The molecular formula is C15H21N3O4. The number of hydrogen-bond acceptors (Lipinski definition) is 5. The highest BCUT2D eigenvalue weighted by Crippen LogP contribution is 2.16. The van der Waals surface area contributed by atoms with Crippen LogP contribution in [0.5, 0.6) is 5.88 Å². The standard InChI is InChI=1S/C15H21N3O4/c1-3-7-18-14(20)12(13(19)17-15(18)21)11(4-2)16-9-10-6-5-8-22-10/h3,10,20H,1,4-9H2,2H3,(H,17,19,21). The first kappa shape index (κ1) is 16.2. The van der Waals surface area contributed by atoms with E-state index >= 15 is 0 Å². The Hall–Kier alpha value is -2.15. The van der Waals surface area contributed by atoms with Crippen LogP contribution in [0.25, 0.3) is 0 Å². The first-order valence-electron chi connectivity index (χ1n) is 7.40. The zero-order chi connectivity index (χ0) is 16.1. The molecule has 1 unspecified atom stereocenters. The molecule has 7 heteroatoms. The van der Waals surface area contributed by atoms with Crippen LogP contribution in [-0.4, -0.2) is 39.6 Å². The van der Waals surface area contributed by atoms with Gasteiger partial charge in [-0.15, -0.1) is 6.58 Å². The van der Waals surface area contributed by atoms with Gasteiger partial charge in [0.2, 0.25) is 5.88 Å². The van der Waals surface area contributed by atoms with Crippen molar-refractivity contribution in [2.45, 2.75) is 38.8 Å². The predicted octanol–water partition coefficient (Wildman–Crippen LogP) is 0.806. The Labute approximate surface area is 128 Å². The fraction of sp³-hybridized carbons (Fsp3) is 0.533. The van der Waals surface area contributed by atoms with Crippen LogP contribution in [-0.2, 0) is 11.3 Å². The molecule has 2 heterocycles. The first-order chi connectivity index (χ1) is 10.6. The average molecular weight is 307 g/mol. The number of H-pyrrole nitrogens is 1. The Morgan fingerprint density at radius 1 is 1.59 bits per heavy atom. The second-order valence-electron chi connectivity index (χ2n) is 5.13. The van der Waals surface area contributed by atoms with Crippen molar-refractivity contribution in [3.8, 4) is 5.88 Å². The molecule has 1 saturated heterocycles. The number of ether oxygens (including phenoxy) is 1. The molecular weight excluding hydrogens is 286 g/mol. The van der Waals surface area contributed by atoms with Gasteiger partial charge in [0.15, 0.2) is 0 Å². The Bertz CT molecular complexity index is 681. The number of aromatic amines is 1. The topological polar surface area (TPSA) is 96.7 Å². The predicted molar refractivity (Wildman–Crippen MR) is 83.9 cm³/mol. The largest absolute Gasteiger partial charge is 0.494 e. The number of hydrogen-bond donors (Lipinski definition) is 2. The number of allylic oxidation sites excluding steroid dienone is 1. The molecule has 0 bridgehead atoms. The highest BCUT2D eigenvalue weighted by atomic mass is 16.5. The number of aliphatic imine (C=N–C) groups is 1. The van der Waals surface area contributed by atoms with E-state index in [1.54, 1.807) is 0 Å². The van der Waals surface area contributed by atoms with Crippen LogP contribution >= 0.6 is 0 Å². The summed E-state index contributed by atoms with van der Waals surface area (Å²) in [6.07, 6.45) is 3.95. The van der Waals surface area contributed by atoms with E-state index in [2.05, 4.69) is 16.6 Å². The minimum atomic E-state index is -0.666. The van der Waals surface area contributed by atoms with E-state index in [-0.39, 0.29) is 24.1 Å². The van der Waals surface area contributed by atoms with Crippen LogP contribution in [0.3, 0.4) is 0 Å². The molecule has 1 aromatic heterocycles. The summed E-state index contributed by atoms with van der Waals surface area (Å²) in [5.74, 6) is -0.374. The van der Waals surface area contributed by atoms with Crippen molar-refractivity contribution in [3.05, 3.63) is 39.1 Å². The summed E-state index contributed by atoms with van der Waals surface area (Å²) in [6.45, 7) is 6.67. The molecule has 1 fully saturated rings. The molecule has 1 atom stereocenters. The summed E-state index contributed by atoms with van der Waals surface area (Å²) in [5.41, 5.74) is -0.787. The number of rotatable bonds is 6. The first-order valence-corrected chi connectivity index (χ1v) is 7.40. The van der Waals surface area contributed by atoms with Crippen LogP contribution < -0.4 is 11.2 Å². The van der Waals surface area contributed by atoms with Gasteiger partial charge in [-0.2, -0.15) is 0 Å². The summed E-state index contributed by atoms with van der Waals surface area (Å²) >= 11 is 0. The lowest BCUT2D eigenvalue weighted by atomic mass is 10.1. The lowest BCUT2D eigenvalue weighted by molar-refractivity contribution is 0.118. The van der Waals surface area contributed by atoms with E-state index in [1.807, 2.05) is 6.92 Å². The van der Waals surface area contributed by atoms with Crippen molar-refractivity contribution in [2.75, 3.05) is 13.2 Å². The van der Waals surface area contributed by atoms with Gasteiger partial charge in [-0.1, -0.05) is 13.0 Å². The van der Waals surface area contributed by atoms with Crippen LogP contribution in [0.15, 0.2) is 27.2 Å². The zero-order valence-corrected chi connectivity index (χ0v) is 12.7. The minimum absolute atomic E-state index is 0.0435. The van der Waals surface area contributed by atoms with Crippen LogP contribution in [0, 0.1) is 0 Å². The molecule has 1 aliphatic heterocycles. The van der Waals surface area contributed by atoms with Gasteiger partial charge in [0, 0.05) is 13.2 Å². The molecule has 0 aliphatic carbocycles. The molecule has 2 rings (SSSR count). The Morgan fingerprint density at radius 2 is 2.36 bits per heavy atom. The van der Waals surface area contributed by atoms with Crippen molar-refractivity contribution < 1.29 is 9.84 Å². The van der Waals surface area contributed by atoms with E-state index in [0.29, 0.717) is 18.7 Å². The van der Waals surface area contributed by atoms with E-state index in [4.69, 9.17) is 4.74 Å². The van der Waals surface area contributed by atoms with Crippen LogP contribution in [0.4, 0.5) is 0 Å². The van der Waals surface area contributed by atoms with Crippen molar-refractivity contribution in [1.82, 2.24) is 9.55 Å². The van der Waals surface area contributed by atoms with Crippen molar-refractivity contribution in [2.24, 2.45) is 4.99 Å². The average Bonchev–Trinajstić information content (AvgIpc) is 3.00. The summed E-state index contributed by atoms with van der Waals surface area (Å²) in [6, 6.07) is 0. The fourth-order valence-corrected chi connectivity index (χ4v) is 2.49. The summed E-state index contributed by atoms with van der Waals surface area (Å²) in [5, 5.41) is 10.3. The maximum absolute atomic E-state index is 12.0. The third-order valence-corrected chi connectivity index (χ3v) is 3.62. The maximum Gasteiger partial charge on any atom is 0.331 e. The van der Waals surface area contributed by atoms with Crippen molar-refractivity contribution >= 4 is 5.71 Å². The monoisotopic (exact) mass is 307 g/mol. The van der Waals surface area contributed by atoms with Gasteiger partial charge >= 0.3 is 5.69 Å². The number of aromatic hydroxyl groups is 1. The molecule has 1 aliphatic rings. The van der Waals surface area contributed by atoms with Gasteiger partial charge in [-0.05, 0) is 19.3 Å². The van der Waals surface area contributed by atoms with E-state index < -0.39 is 11.2 Å². The number of nitrogens with zero attached hydrogens (tertiary/aromatic N) is 2. The molecule has 0 amide bonds. The highest BCUT2D eigenvalue weighted by molar-refractivity contribution is 6.01. The normalized spacial score (nSPS) is 18.6. The molecule has 2 N–H and O–H groups in total. The second-order valence-corrected chi connectivity index (χ2v) is 5.13. The third-order valence-electron chi connectivity index (χ3n) is 3.62. The molecule has 0 spiro atoms. The summed E-state index contributed by atoms with van der Waals surface area (Å²) < 4.78 is 6.56. The smallest absolute Gasteiger partial charge is 0.331 e. The number of aromatic nitrogens is 2. The minimum Gasteiger partial charge on any atom is -0.494 e. The summed E-state index contributed by atoms with van der Waals surface area (Å²) in [4.78, 5) is 30.4. The van der Waals surface area contributed by atoms with Crippen LogP contribution in [0.1, 0.15) is 31.7 Å². The maximum atomic E-state index is 12.0. The Kier molecular flexibility index (Phi) is 5.32. The van der Waals surface area contributed by atoms with Gasteiger partial charge in [-0.25, -0.2) is 4.79 Å². The van der Waals surface area contributed by atoms with Gasteiger partial charge in [0.05, 0.1) is 18.4 Å². The van der Waals surface area contributed by atoms with Crippen molar-refractivity contribution in [3.63, 3.8) is 0 Å². The number of nitrogens with one attached hydrogen (secondary N) is 1. The lowest BCUT2D eigenvalue weighted by Gasteiger charge is -2.12. The highest BCUT2D eigenvalue weighted by Gasteiger charge is 2.19.